The highest BCUT2D eigenvalue weighted by Crippen LogP contribution is 2.39. The summed E-state index contributed by atoms with van der Waals surface area (Å²) < 4.78 is 33.8. The van der Waals surface area contributed by atoms with Gasteiger partial charge in [0.1, 0.15) is 11.4 Å². The minimum atomic E-state index is -3.74. The zero-order valence-corrected chi connectivity index (χ0v) is 16.2. The normalized spacial score (nSPS) is 12.7. The Labute approximate surface area is 157 Å². The highest BCUT2D eigenvalue weighted by atomic mass is 32.2. The average Bonchev–Trinajstić information content (AvgIpc) is 3.04. The molecule has 136 valence electrons. The van der Waals surface area contributed by atoms with Gasteiger partial charge in [-0.25, -0.2) is 8.42 Å². The zero-order chi connectivity index (χ0) is 18.6. The summed E-state index contributed by atoms with van der Waals surface area (Å²) in [5.41, 5.74) is 1.65. The second-order valence-corrected chi connectivity index (χ2v) is 8.91. The van der Waals surface area contributed by atoms with Crippen LogP contribution in [0.25, 0.3) is 11.3 Å². The Hall–Kier alpha value is -2.25. The smallest absolute Gasteiger partial charge is 0.262 e. The Kier molecular flexibility index (Phi) is 5.68. The molecule has 0 aliphatic carbocycles. The summed E-state index contributed by atoms with van der Waals surface area (Å²) in [6, 6.07) is 17.7. The molecule has 3 aromatic rings. The first-order valence-electron chi connectivity index (χ1n) is 8.31. The Morgan fingerprint density at radius 1 is 1.08 bits per heavy atom. The van der Waals surface area contributed by atoms with Crippen LogP contribution in [0.5, 0.6) is 0 Å². The van der Waals surface area contributed by atoms with Crippen molar-refractivity contribution in [1.29, 1.82) is 0 Å². The van der Waals surface area contributed by atoms with Gasteiger partial charge in [0.15, 0.2) is 0 Å². The van der Waals surface area contributed by atoms with Gasteiger partial charge < -0.3 is 4.52 Å². The SMILES string of the molecule is CCC(C)Sc1onc(-c2ccccc2)c1NS(=O)(=O)c1ccccc1. The highest BCUT2D eigenvalue weighted by Gasteiger charge is 2.25. The first-order chi connectivity index (χ1) is 12.5. The molecule has 1 N–H and O–H groups in total. The summed E-state index contributed by atoms with van der Waals surface area (Å²) in [5.74, 6) is 0. The van der Waals surface area contributed by atoms with Gasteiger partial charge >= 0.3 is 0 Å². The molecule has 1 atom stereocenters. The van der Waals surface area contributed by atoms with Gasteiger partial charge in [-0.15, -0.1) is 0 Å². The molecule has 0 spiro atoms. The van der Waals surface area contributed by atoms with Crippen molar-refractivity contribution >= 4 is 27.5 Å². The van der Waals surface area contributed by atoms with Crippen molar-refractivity contribution in [2.24, 2.45) is 0 Å². The fraction of sp³-hybridized carbons (Fsp3) is 0.211. The Balaban J connectivity index is 2.04. The van der Waals surface area contributed by atoms with E-state index in [1.54, 1.807) is 30.3 Å². The predicted octanol–water partition coefficient (Wildman–Crippen LogP) is 5.03. The minimum Gasteiger partial charge on any atom is -0.347 e. The van der Waals surface area contributed by atoms with E-state index in [1.807, 2.05) is 30.3 Å². The van der Waals surface area contributed by atoms with Crippen LogP contribution in [0, 0.1) is 0 Å². The summed E-state index contributed by atoms with van der Waals surface area (Å²) in [5, 5.41) is 4.87. The number of hydrogen-bond donors (Lipinski definition) is 1. The number of sulfonamides is 1. The van der Waals surface area contributed by atoms with Gasteiger partial charge in [0, 0.05) is 10.8 Å². The van der Waals surface area contributed by atoms with Gasteiger partial charge in [-0.1, -0.05) is 79.3 Å². The minimum absolute atomic E-state index is 0.194. The van der Waals surface area contributed by atoms with Gasteiger partial charge in [-0.05, 0) is 18.6 Å². The van der Waals surface area contributed by atoms with Crippen LogP contribution in [0.15, 0.2) is 75.2 Å². The van der Waals surface area contributed by atoms with E-state index in [0.29, 0.717) is 16.5 Å². The summed E-state index contributed by atoms with van der Waals surface area (Å²) in [6.07, 6.45) is 0.927. The molecule has 5 nitrogen and oxygen atoms in total. The average molecular weight is 389 g/mol. The van der Waals surface area contributed by atoms with Crippen LogP contribution in [0.2, 0.25) is 0 Å². The Morgan fingerprint density at radius 3 is 2.31 bits per heavy atom. The van der Waals surface area contributed by atoms with Crippen molar-refractivity contribution in [3.63, 3.8) is 0 Å². The second kappa shape index (κ2) is 7.97. The molecule has 0 aliphatic heterocycles. The number of aromatic nitrogens is 1. The quantitative estimate of drug-likeness (QED) is 0.575. The topological polar surface area (TPSA) is 72.2 Å². The van der Waals surface area contributed by atoms with E-state index < -0.39 is 10.0 Å². The lowest BCUT2D eigenvalue weighted by Gasteiger charge is -2.11. The third-order valence-corrected chi connectivity index (χ3v) is 6.48. The van der Waals surface area contributed by atoms with E-state index in [0.717, 1.165) is 12.0 Å². The van der Waals surface area contributed by atoms with Crippen molar-refractivity contribution in [1.82, 2.24) is 5.16 Å². The monoisotopic (exact) mass is 388 g/mol. The molecule has 1 unspecified atom stereocenters. The van der Waals surface area contributed by atoms with Crippen molar-refractivity contribution in [2.45, 2.75) is 35.5 Å². The number of rotatable bonds is 7. The van der Waals surface area contributed by atoms with Crippen LogP contribution >= 0.6 is 11.8 Å². The van der Waals surface area contributed by atoms with Crippen LogP contribution in [-0.2, 0) is 10.0 Å². The molecular formula is C19H20N2O3S2. The van der Waals surface area contributed by atoms with Crippen LogP contribution < -0.4 is 4.72 Å². The third kappa shape index (κ3) is 4.11. The lowest BCUT2D eigenvalue weighted by atomic mass is 10.1. The molecule has 0 radical (unpaired) electrons. The van der Waals surface area contributed by atoms with Gasteiger partial charge in [0.05, 0.1) is 4.90 Å². The fourth-order valence-electron chi connectivity index (χ4n) is 2.30. The van der Waals surface area contributed by atoms with E-state index in [1.165, 1.54) is 11.8 Å². The zero-order valence-electron chi connectivity index (χ0n) is 14.5. The molecule has 26 heavy (non-hydrogen) atoms. The van der Waals surface area contributed by atoms with Crippen molar-refractivity contribution in [2.75, 3.05) is 4.72 Å². The maximum absolute atomic E-state index is 12.8. The molecule has 0 amide bonds. The Morgan fingerprint density at radius 2 is 1.69 bits per heavy atom. The molecule has 0 saturated carbocycles. The first kappa shape index (κ1) is 18.5. The van der Waals surface area contributed by atoms with E-state index in [4.69, 9.17) is 4.52 Å². The number of anilines is 1. The van der Waals surface area contributed by atoms with Gasteiger partial charge in [0.25, 0.3) is 10.0 Å². The molecule has 1 aromatic heterocycles. The van der Waals surface area contributed by atoms with E-state index in [-0.39, 0.29) is 10.1 Å². The summed E-state index contributed by atoms with van der Waals surface area (Å²) in [4.78, 5) is 0.194. The molecule has 0 aliphatic rings. The molecule has 3 rings (SSSR count). The molecule has 0 saturated heterocycles. The summed E-state index contributed by atoms with van der Waals surface area (Å²) in [7, 11) is -3.74. The van der Waals surface area contributed by atoms with E-state index in [9.17, 15) is 8.42 Å². The van der Waals surface area contributed by atoms with Crippen molar-refractivity contribution < 1.29 is 12.9 Å². The van der Waals surface area contributed by atoms with Crippen LogP contribution in [0.1, 0.15) is 20.3 Å². The van der Waals surface area contributed by atoms with Crippen molar-refractivity contribution in [3.05, 3.63) is 60.7 Å². The maximum atomic E-state index is 12.8. The number of benzene rings is 2. The lowest BCUT2D eigenvalue weighted by Crippen LogP contribution is -2.13. The second-order valence-electron chi connectivity index (χ2n) is 5.81. The third-order valence-electron chi connectivity index (χ3n) is 3.88. The Bertz CT molecular complexity index is 955. The fourth-order valence-corrected chi connectivity index (χ4v) is 4.33. The van der Waals surface area contributed by atoms with Gasteiger partial charge in [0.2, 0.25) is 5.09 Å². The molecule has 0 bridgehead atoms. The molecule has 7 heteroatoms. The van der Waals surface area contributed by atoms with Crippen LogP contribution in [0.3, 0.4) is 0 Å². The van der Waals surface area contributed by atoms with Gasteiger partial charge in [-0.2, -0.15) is 0 Å². The van der Waals surface area contributed by atoms with Gasteiger partial charge in [-0.3, -0.25) is 4.72 Å². The highest BCUT2D eigenvalue weighted by molar-refractivity contribution is 8.00. The lowest BCUT2D eigenvalue weighted by molar-refractivity contribution is 0.352. The molecular weight excluding hydrogens is 368 g/mol. The summed E-state index contributed by atoms with van der Waals surface area (Å²) in [6.45, 7) is 4.13. The van der Waals surface area contributed by atoms with E-state index >= 15 is 0 Å². The number of nitrogens with one attached hydrogen (secondary N) is 1. The maximum Gasteiger partial charge on any atom is 0.262 e. The molecule has 1 heterocycles. The van der Waals surface area contributed by atoms with Crippen LogP contribution in [-0.4, -0.2) is 18.8 Å². The van der Waals surface area contributed by atoms with Crippen LogP contribution in [0.4, 0.5) is 5.69 Å². The van der Waals surface area contributed by atoms with E-state index in [2.05, 4.69) is 23.7 Å². The molecule has 2 aromatic carbocycles. The first-order valence-corrected chi connectivity index (χ1v) is 10.7. The number of hydrogen-bond acceptors (Lipinski definition) is 5. The largest absolute Gasteiger partial charge is 0.347 e. The number of thioether (sulfide) groups is 1. The van der Waals surface area contributed by atoms with Crippen molar-refractivity contribution in [3.8, 4) is 11.3 Å². The predicted molar refractivity (Wildman–Crippen MR) is 105 cm³/mol. The molecule has 0 fully saturated rings. The summed E-state index contributed by atoms with van der Waals surface area (Å²) >= 11 is 1.47. The standard InChI is InChI=1S/C19H20N2O3S2/c1-3-14(2)25-19-18(17(20-24-19)15-10-6-4-7-11-15)21-26(22,23)16-12-8-5-9-13-16/h4-14,21H,3H2,1-2H3. The number of nitrogens with zero attached hydrogens (tertiary/aromatic N) is 1.